The molecule has 0 aliphatic carbocycles. The number of hydrogen-bond acceptors (Lipinski definition) is 4. The molecule has 2 aromatic rings. The fraction of sp³-hybridized carbons (Fsp3) is 0.167. The highest BCUT2D eigenvalue weighted by atomic mass is 19.1. The average molecular weight is 251 g/mol. The quantitative estimate of drug-likeness (QED) is 0.907. The minimum absolute atomic E-state index is 0.0141. The van der Waals surface area contributed by atoms with Crippen LogP contribution in [0.4, 0.5) is 4.39 Å². The van der Waals surface area contributed by atoms with Crippen LogP contribution in [0.25, 0.3) is 11.3 Å². The Labute approximate surface area is 102 Å². The van der Waals surface area contributed by atoms with Crippen LogP contribution in [0.3, 0.4) is 0 Å². The van der Waals surface area contributed by atoms with Crippen LogP contribution in [0, 0.1) is 12.7 Å². The zero-order valence-electron chi connectivity index (χ0n) is 9.73. The molecule has 18 heavy (non-hydrogen) atoms. The van der Waals surface area contributed by atoms with Gasteiger partial charge in [-0.05, 0) is 18.6 Å². The van der Waals surface area contributed by atoms with Gasteiger partial charge in [-0.1, -0.05) is 11.2 Å². The first-order valence-corrected chi connectivity index (χ1v) is 5.08. The zero-order valence-corrected chi connectivity index (χ0v) is 9.73. The number of aromatic nitrogens is 1. The molecule has 0 atom stereocenters. The molecule has 1 aromatic carbocycles. The first-order valence-electron chi connectivity index (χ1n) is 5.08. The van der Waals surface area contributed by atoms with E-state index in [1.807, 2.05) is 0 Å². The molecule has 0 bridgehead atoms. The van der Waals surface area contributed by atoms with Crippen molar-refractivity contribution >= 4 is 5.97 Å². The molecular formula is C12H10FNO4. The Hall–Kier alpha value is -2.37. The number of halogens is 1. The van der Waals surface area contributed by atoms with E-state index in [0.29, 0.717) is 11.1 Å². The number of carboxylic acid groups (broad SMARTS) is 1. The van der Waals surface area contributed by atoms with Crippen LogP contribution in [0.15, 0.2) is 22.7 Å². The number of carboxylic acids is 1. The summed E-state index contributed by atoms with van der Waals surface area (Å²) in [6.07, 6.45) is 0. The van der Waals surface area contributed by atoms with Crippen LogP contribution in [-0.2, 0) is 0 Å². The third kappa shape index (κ3) is 1.92. The van der Waals surface area contributed by atoms with Crippen molar-refractivity contribution in [1.82, 2.24) is 5.16 Å². The highest BCUT2D eigenvalue weighted by Gasteiger charge is 2.19. The Kier molecular flexibility index (Phi) is 3.01. The predicted octanol–water partition coefficient (Wildman–Crippen LogP) is 2.50. The van der Waals surface area contributed by atoms with E-state index >= 15 is 0 Å². The minimum Gasteiger partial charge on any atom is -0.493 e. The summed E-state index contributed by atoms with van der Waals surface area (Å²) in [6, 6.07) is 4.06. The van der Waals surface area contributed by atoms with Gasteiger partial charge < -0.3 is 14.4 Å². The topological polar surface area (TPSA) is 72.6 Å². The fourth-order valence-corrected chi connectivity index (χ4v) is 1.67. The average Bonchev–Trinajstić information content (AvgIpc) is 2.81. The second-order valence-corrected chi connectivity index (χ2v) is 3.65. The summed E-state index contributed by atoms with van der Waals surface area (Å²) in [7, 11) is 1.33. The summed E-state index contributed by atoms with van der Waals surface area (Å²) in [6.45, 7) is 1.74. The second-order valence-electron chi connectivity index (χ2n) is 3.65. The van der Waals surface area contributed by atoms with Crippen LogP contribution < -0.4 is 4.74 Å². The van der Waals surface area contributed by atoms with E-state index in [-0.39, 0.29) is 17.2 Å². The van der Waals surface area contributed by atoms with Gasteiger partial charge in [-0.15, -0.1) is 0 Å². The number of benzene rings is 1. The molecule has 6 heteroatoms. The van der Waals surface area contributed by atoms with E-state index < -0.39 is 11.8 Å². The van der Waals surface area contributed by atoms with Crippen molar-refractivity contribution in [3.63, 3.8) is 0 Å². The molecule has 0 unspecified atom stereocenters. The van der Waals surface area contributed by atoms with E-state index in [4.69, 9.17) is 9.84 Å². The lowest BCUT2D eigenvalue weighted by Gasteiger charge is -2.09. The van der Waals surface area contributed by atoms with Gasteiger partial charge in [0.2, 0.25) is 5.76 Å². The fourth-order valence-electron chi connectivity index (χ4n) is 1.67. The number of aromatic carboxylic acids is 1. The molecule has 1 aromatic heterocycles. The molecule has 0 amide bonds. The summed E-state index contributed by atoms with van der Waals surface area (Å²) in [5.74, 6) is -2.07. The molecule has 0 saturated heterocycles. The zero-order chi connectivity index (χ0) is 13.3. The Balaban J connectivity index is 2.62. The summed E-state index contributed by atoms with van der Waals surface area (Å²) < 4.78 is 23.2. The van der Waals surface area contributed by atoms with Gasteiger partial charge in [0.25, 0.3) is 0 Å². The summed E-state index contributed by atoms with van der Waals surface area (Å²) >= 11 is 0. The smallest absolute Gasteiger partial charge is 0.374 e. The molecule has 5 nitrogen and oxygen atoms in total. The third-order valence-corrected chi connectivity index (χ3v) is 2.50. The molecule has 2 rings (SSSR count). The van der Waals surface area contributed by atoms with Crippen LogP contribution in [-0.4, -0.2) is 23.3 Å². The van der Waals surface area contributed by atoms with Crippen LogP contribution in [0.1, 0.15) is 16.1 Å². The van der Waals surface area contributed by atoms with Crippen LogP contribution in [0.2, 0.25) is 0 Å². The number of hydrogen-bond donors (Lipinski definition) is 1. The molecule has 0 fully saturated rings. The van der Waals surface area contributed by atoms with Crippen molar-refractivity contribution in [3.8, 4) is 17.0 Å². The van der Waals surface area contributed by atoms with E-state index in [2.05, 4.69) is 9.68 Å². The van der Waals surface area contributed by atoms with Crippen molar-refractivity contribution in [2.24, 2.45) is 0 Å². The molecule has 0 aliphatic rings. The third-order valence-electron chi connectivity index (χ3n) is 2.50. The SMILES string of the molecule is COc1c(F)ccc(C)c1-c1cc(C(=O)O)on1. The van der Waals surface area contributed by atoms with Gasteiger partial charge in [0.15, 0.2) is 11.6 Å². The maximum Gasteiger partial charge on any atom is 0.374 e. The Bertz CT molecular complexity index is 606. The maximum absolute atomic E-state index is 13.6. The van der Waals surface area contributed by atoms with Gasteiger partial charge >= 0.3 is 5.97 Å². The lowest BCUT2D eigenvalue weighted by molar-refractivity contribution is 0.0652. The highest BCUT2D eigenvalue weighted by Crippen LogP contribution is 2.34. The molecule has 1 N–H and O–H groups in total. The van der Waals surface area contributed by atoms with Gasteiger partial charge in [0.05, 0.1) is 12.7 Å². The maximum atomic E-state index is 13.6. The summed E-state index contributed by atoms with van der Waals surface area (Å²) in [5.41, 5.74) is 1.31. The minimum atomic E-state index is -1.23. The molecule has 0 saturated carbocycles. The number of rotatable bonds is 3. The van der Waals surface area contributed by atoms with E-state index in [0.717, 1.165) is 0 Å². The number of nitrogens with zero attached hydrogens (tertiary/aromatic N) is 1. The summed E-state index contributed by atoms with van der Waals surface area (Å²) in [4.78, 5) is 10.7. The Morgan fingerprint density at radius 3 is 2.78 bits per heavy atom. The van der Waals surface area contributed by atoms with E-state index in [9.17, 15) is 9.18 Å². The number of ether oxygens (including phenoxy) is 1. The van der Waals surface area contributed by atoms with Crippen molar-refractivity contribution in [2.75, 3.05) is 7.11 Å². The van der Waals surface area contributed by atoms with Crippen molar-refractivity contribution < 1.29 is 23.6 Å². The van der Waals surface area contributed by atoms with Gasteiger partial charge in [-0.2, -0.15) is 0 Å². The Morgan fingerprint density at radius 1 is 1.50 bits per heavy atom. The predicted molar refractivity (Wildman–Crippen MR) is 60.1 cm³/mol. The van der Waals surface area contributed by atoms with E-state index in [1.54, 1.807) is 13.0 Å². The van der Waals surface area contributed by atoms with Crippen molar-refractivity contribution in [3.05, 3.63) is 35.3 Å². The lowest BCUT2D eigenvalue weighted by Crippen LogP contribution is -1.95. The van der Waals surface area contributed by atoms with Crippen molar-refractivity contribution in [1.29, 1.82) is 0 Å². The molecule has 94 valence electrons. The molecular weight excluding hydrogens is 241 g/mol. The lowest BCUT2D eigenvalue weighted by atomic mass is 10.0. The number of carbonyl (C=O) groups is 1. The molecule has 0 radical (unpaired) electrons. The molecule has 0 aliphatic heterocycles. The van der Waals surface area contributed by atoms with Crippen LogP contribution >= 0.6 is 0 Å². The molecule has 0 spiro atoms. The first kappa shape index (κ1) is 12.1. The normalized spacial score (nSPS) is 10.4. The van der Waals surface area contributed by atoms with Gasteiger partial charge in [0.1, 0.15) is 5.69 Å². The Morgan fingerprint density at radius 2 is 2.22 bits per heavy atom. The van der Waals surface area contributed by atoms with Gasteiger partial charge in [-0.25, -0.2) is 9.18 Å². The number of methoxy groups -OCH3 is 1. The molecule has 1 heterocycles. The standard InChI is InChI=1S/C12H10FNO4/c1-6-3-4-7(13)11(17-2)10(6)8-5-9(12(15)16)18-14-8/h3-5H,1-2H3,(H,15,16). The number of aryl methyl sites for hydroxylation is 1. The van der Waals surface area contributed by atoms with Gasteiger partial charge in [0, 0.05) is 6.07 Å². The van der Waals surface area contributed by atoms with E-state index in [1.165, 1.54) is 19.2 Å². The highest BCUT2D eigenvalue weighted by molar-refractivity contribution is 5.86. The first-order chi connectivity index (χ1) is 8.54. The largest absolute Gasteiger partial charge is 0.493 e. The summed E-state index contributed by atoms with van der Waals surface area (Å²) in [5, 5.41) is 12.4. The van der Waals surface area contributed by atoms with Crippen molar-refractivity contribution in [2.45, 2.75) is 6.92 Å². The van der Waals surface area contributed by atoms with Gasteiger partial charge in [-0.3, -0.25) is 0 Å². The van der Waals surface area contributed by atoms with Crippen LogP contribution in [0.5, 0.6) is 5.75 Å². The second kappa shape index (κ2) is 4.48. The monoisotopic (exact) mass is 251 g/mol.